The maximum atomic E-state index is 12.8. The summed E-state index contributed by atoms with van der Waals surface area (Å²) in [7, 11) is 1.81. The van der Waals surface area contributed by atoms with Crippen LogP contribution in [0.1, 0.15) is 16.2 Å². The highest BCUT2D eigenvalue weighted by Crippen LogP contribution is 2.32. The van der Waals surface area contributed by atoms with E-state index in [1.54, 1.807) is 10.7 Å². The molecule has 0 fully saturated rings. The second-order valence-electron chi connectivity index (χ2n) is 6.43. The summed E-state index contributed by atoms with van der Waals surface area (Å²) in [5.74, 6) is 0.372. The summed E-state index contributed by atoms with van der Waals surface area (Å²) >= 11 is 3.45. The van der Waals surface area contributed by atoms with Crippen molar-refractivity contribution in [2.45, 2.75) is 6.92 Å². The highest BCUT2D eigenvalue weighted by atomic mass is 79.9. The number of halogens is 1. The molecule has 140 valence electrons. The van der Waals surface area contributed by atoms with Gasteiger partial charge in [0.15, 0.2) is 0 Å². The van der Waals surface area contributed by atoms with Gasteiger partial charge < -0.3 is 5.32 Å². The predicted octanol–water partition coefficient (Wildman–Crippen LogP) is 4.80. The summed E-state index contributed by atoms with van der Waals surface area (Å²) in [5.41, 5.74) is 4.78. The first-order valence-corrected chi connectivity index (χ1v) is 9.54. The number of amides is 1. The van der Waals surface area contributed by atoms with Crippen molar-refractivity contribution in [1.82, 2.24) is 20.0 Å². The second-order valence-corrected chi connectivity index (χ2v) is 7.34. The number of H-pyrrole nitrogens is 1. The van der Waals surface area contributed by atoms with Gasteiger partial charge in [-0.1, -0.05) is 58.4 Å². The summed E-state index contributed by atoms with van der Waals surface area (Å²) in [6, 6.07) is 19.4. The van der Waals surface area contributed by atoms with Gasteiger partial charge in [-0.2, -0.15) is 10.2 Å². The SMILES string of the molecule is Cc1nn(C)c(NC(=O)c2cc(-c3ccccc3)n[nH]2)c1-c1ccc(Br)cc1. The molecule has 2 aromatic carbocycles. The molecule has 0 atom stereocenters. The normalized spacial score (nSPS) is 10.8. The maximum Gasteiger partial charge on any atom is 0.274 e. The Kier molecular flexibility index (Phi) is 4.83. The highest BCUT2D eigenvalue weighted by molar-refractivity contribution is 9.10. The molecule has 2 aromatic heterocycles. The lowest BCUT2D eigenvalue weighted by molar-refractivity contribution is 0.102. The van der Waals surface area contributed by atoms with Crippen molar-refractivity contribution in [1.29, 1.82) is 0 Å². The molecule has 28 heavy (non-hydrogen) atoms. The molecule has 0 spiro atoms. The molecule has 7 heteroatoms. The number of rotatable bonds is 4. The molecule has 0 aliphatic rings. The fourth-order valence-corrected chi connectivity index (χ4v) is 3.40. The van der Waals surface area contributed by atoms with Gasteiger partial charge in [0.2, 0.25) is 0 Å². The fourth-order valence-electron chi connectivity index (χ4n) is 3.13. The van der Waals surface area contributed by atoms with E-state index in [1.807, 2.05) is 68.6 Å². The highest BCUT2D eigenvalue weighted by Gasteiger charge is 2.19. The maximum absolute atomic E-state index is 12.8. The van der Waals surface area contributed by atoms with Gasteiger partial charge in [-0.3, -0.25) is 14.6 Å². The number of hydrogen-bond donors (Lipinski definition) is 2. The molecule has 4 rings (SSSR count). The third kappa shape index (κ3) is 3.48. The van der Waals surface area contributed by atoms with Crippen LogP contribution in [0, 0.1) is 6.92 Å². The molecule has 6 nitrogen and oxygen atoms in total. The molecule has 0 saturated heterocycles. The third-order valence-corrected chi connectivity index (χ3v) is 5.01. The van der Waals surface area contributed by atoms with Crippen LogP contribution < -0.4 is 5.32 Å². The summed E-state index contributed by atoms with van der Waals surface area (Å²) < 4.78 is 2.67. The lowest BCUT2D eigenvalue weighted by Gasteiger charge is -2.08. The third-order valence-electron chi connectivity index (χ3n) is 4.48. The van der Waals surface area contributed by atoms with E-state index in [0.29, 0.717) is 11.5 Å². The first-order chi connectivity index (χ1) is 13.5. The van der Waals surface area contributed by atoms with Crippen LogP contribution in [0.4, 0.5) is 5.82 Å². The number of benzene rings is 2. The first kappa shape index (κ1) is 18.2. The zero-order valence-corrected chi connectivity index (χ0v) is 17.0. The summed E-state index contributed by atoms with van der Waals surface area (Å²) in [6.45, 7) is 1.93. The largest absolute Gasteiger partial charge is 0.305 e. The summed E-state index contributed by atoms with van der Waals surface area (Å²) in [5, 5.41) is 14.5. The quantitative estimate of drug-likeness (QED) is 0.483. The Morgan fingerprint density at radius 2 is 1.79 bits per heavy atom. The van der Waals surface area contributed by atoms with Gasteiger partial charge >= 0.3 is 0 Å². The van der Waals surface area contributed by atoms with E-state index in [-0.39, 0.29) is 5.91 Å². The van der Waals surface area contributed by atoms with E-state index in [0.717, 1.165) is 32.6 Å². The Morgan fingerprint density at radius 3 is 2.50 bits per heavy atom. The molecule has 2 N–H and O–H groups in total. The minimum Gasteiger partial charge on any atom is -0.305 e. The number of aromatic amines is 1. The van der Waals surface area contributed by atoms with E-state index in [2.05, 4.69) is 36.5 Å². The zero-order chi connectivity index (χ0) is 19.7. The lowest BCUT2D eigenvalue weighted by Crippen LogP contribution is -2.15. The molecule has 0 radical (unpaired) electrons. The first-order valence-electron chi connectivity index (χ1n) is 8.74. The standard InChI is InChI=1S/C21H18BrN5O/c1-13-19(15-8-10-16(22)11-9-15)20(27(2)26-13)23-21(28)18-12-17(24-25-18)14-6-4-3-5-7-14/h3-12H,1-2H3,(H,23,28)(H,24,25). The Hall–Kier alpha value is -3.19. The van der Waals surface area contributed by atoms with Gasteiger partial charge in [-0.25, -0.2) is 0 Å². The number of nitrogens with zero attached hydrogens (tertiary/aromatic N) is 3. The molecule has 0 bridgehead atoms. The van der Waals surface area contributed by atoms with Gasteiger partial charge in [0.05, 0.1) is 11.4 Å². The lowest BCUT2D eigenvalue weighted by atomic mass is 10.1. The number of carbonyl (C=O) groups is 1. The molecular weight excluding hydrogens is 418 g/mol. The van der Waals surface area contributed by atoms with E-state index in [4.69, 9.17) is 0 Å². The summed E-state index contributed by atoms with van der Waals surface area (Å²) in [4.78, 5) is 12.8. The van der Waals surface area contributed by atoms with Gasteiger partial charge in [-0.05, 0) is 30.7 Å². The molecule has 0 unspecified atom stereocenters. The molecular formula is C21H18BrN5O. The molecule has 4 aromatic rings. The Bertz CT molecular complexity index is 1130. The van der Waals surface area contributed by atoms with Crippen molar-refractivity contribution in [2.24, 2.45) is 7.05 Å². The van der Waals surface area contributed by atoms with Crippen molar-refractivity contribution in [3.05, 3.63) is 76.5 Å². The van der Waals surface area contributed by atoms with Gasteiger partial charge in [0.25, 0.3) is 5.91 Å². The van der Waals surface area contributed by atoms with Crippen molar-refractivity contribution < 1.29 is 4.79 Å². The number of aryl methyl sites for hydroxylation is 2. The van der Waals surface area contributed by atoms with E-state index < -0.39 is 0 Å². The number of anilines is 1. The predicted molar refractivity (Wildman–Crippen MR) is 113 cm³/mol. The fraction of sp³-hybridized carbons (Fsp3) is 0.0952. The smallest absolute Gasteiger partial charge is 0.274 e. The zero-order valence-electron chi connectivity index (χ0n) is 15.4. The Labute approximate surface area is 170 Å². The van der Waals surface area contributed by atoms with Crippen LogP contribution in [-0.4, -0.2) is 25.9 Å². The van der Waals surface area contributed by atoms with E-state index in [1.165, 1.54) is 0 Å². The molecule has 1 amide bonds. The Balaban J connectivity index is 1.64. The Morgan fingerprint density at radius 1 is 1.07 bits per heavy atom. The van der Waals surface area contributed by atoms with Crippen LogP contribution in [0.15, 0.2) is 65.1 Å². The minimum absolute atomic E-state index is 0.268. The average molecular weight is 436 g/mol. The van der Waals surface area contributed by atoms with Gasteiger partial charge in [0.1, 0.15) is 11.5 Å². The van der Waals surface area contributed by atoms with Gasteiger partial charge in [0, 0.05) is 22.6 Å². The summed E-state index contributed by atoms with van der Waals surface area (Å²) in [6.07, 6.45) is 0. The molecule has 0 saturated carbocycles. The van der Waals surface area contributed by atoms with Crippen LogP contribution in [0.2, 0.25) is 0 Å². The minimum atomic E-state index is -0.268. The van der Waals surface area contributed by atoms with E-state index in [9.17, 15) is 4.79 Å². The van der Waals surface area contributed by atoms with Crippen molar-refractivity contribution in [2.75, 3.05) is 5.32 Å². The molecule has 0 aliphatic heterocycles. The number of hydrogen-bond acceptors (Lipinski definition) is 3. The number of carbonyl (C=O) groups excluding carboxylic acids is 1. The van der Waals surface area contributed by atoms with Crippen LogP contribution in [-0.2, 0) is 7.05 Å². The van der Waals surface area contributed by atoms with Gasteiger partial charge in [-0.15, -0.1) is 0 Å². The topological polar surface area (TPSA) is 75.6 Å². The second kappa shape index (κ2) is 7.44. The molecule has 2 heterocycles. The van der Waals surface area contributed by atoms with Crippen LogP contribution in [0.3, 0.4) is 0 Å². The number of aromatic nitrogens is 4. The average Bonchev–Trinajstić information content (AvgIpc) is 3.29. The van der Waals surface area contributed by atoms with Crippen molar-refractivity contribution >= 4 is 27.7 Å². The van der Waals surface area contributed by atoms with Crippen LogP contribution >= 0.6 is 15.9 Å². The number of nitrogens with one attached hydrogen (secondary N) is 2. The van der Waals surface area contributed by atoms with Crippen molar-refractivity contribution in [3.63, 3.8) is 0 Å². The van der Waals surface area contributed by atoms with Crippen LogP contribution in [0.5, 0.6) is 0 Å². The van der Waals surface area contributed by atoms with Crippen LogP contribution in [0.25, 0.3) is 22.4 Å². The van der Waals surface area contributed by atoms with E-state index >= 15 is 0 Å². The van der Waals surface area contributed by atoms with Crippen molar-refractivity contribution in [3.8, 4) is 22.4 Å². The molecule has 0 aliphatic carbocycles. The monoisotopic (exact) mass is 435 g/mol.